The number of benzene rings is 2. The second kappa shape index (κ2) is 5.53. The van der Waals surface area contributed by atoms with Crippen molar-refractivity contribution < 1.29 is 5.11 Å². The van der Waals surface area contributed by atoms with E-state index >= 15 is 0 Å². The fourth-order valence-corrected chi connectivity index (χ4v) is 4.41. The Hall–Kier alpha value is -1.64. The molecule has 1 saturated carbocycles. The Labute approximate surface area is 132 Å². The van der Waals surface area contributed by atoms with E-state index in [9.17, 15) is 5.11 Å². The highest BCUT2D eigenvalue weighted by Gasteiger charge is 2.48. The topological polar surface area (TPSA) is 32.3 Å². The van der Waals surface area contributed by atoms with Crippen LogP contribution in [0.5, 0.6) is 0 Å². The van der Waals surface area contributed by atoms with Crippen molar-refractivity contribution in [2.24, 2.45) is 5.92 Å². The maximum atomic E-state index is 11.7. The third-order valence-corrected chi connectivity index (χ3v) is 5.54. The molecule has 4 rings (SSSR count). The van der Waals surface area contributed by atoms with Gasteiger partial charge in [-0.2, -0.15) is 0 Å². The van der Waals surface area contributed by atoms with E-state index in [0.29, 0.717) is 6.04 Å². The fraction of sp³-hybridized carbons (Fsp3) is 0.400. The Kier molecular flexibility index (Phi) is 3.51. The maximum absolute atomic E-state index is 11.7. The van der Waals surface area contributed by atoms with Crippen molar-refractivity contribution in [2.45, 2.75) is 43.4 Å². The highest BCUT2D eigenvalue weighted by atomic mass is 16.3. The molecule has 2 aliphatic rings. The van der Waals surface area contributed by atoms with Crippen molar-refractivity contribution in [3.05, 3.63) is 71.8 Å². The highest BCUT2D eigenvalue weighted by molar-refractivity contribution is 5.38. The predicted octanol–water partition coefficient (Wildman–Crippen LogP) is 3.45. The zero-order valence-corrected chi connectivity index (χ0v) is 12.8. The molecule has 2 heteroatoms. The lowest BCUT2D eigenvalue weighted by Gasteiger charge is -2.36. The van der Waals surface area contributed by atoms with Crippen LogP contribution in [0, 0.1) is 5.92 Å². The van der Waals surface area contributed by atoms with Gasteiger partial charge in [-0.3, -0.25) is 0 Å². The second-order valence-electron chi connectivity index (χ2n) is 6.75. The van der Waals surface area contributed by atoms with E-state index in [2.05, 4.69) is 5.32 Å². The Balaban J connectivity index is 1.76. The normalized spacial score (nSPS) is 27.8. The van der Waals surface area contributed by atoms with Gasteiger partial charge in [-0.05, 0) is 36.3 Å². The van der Waals surface area contributed by atoms with Crippen LogP contribution in [-0.4, -0.2) is 17.2 Å². The van der Waals surface area contributed by atoms with Gasteiger partial charge in [-0.1, -0.05) is 67.1 Å². The number of aliphatic hydroxyl groups is 1. The van der Waals surface area contributed by atoms with Gasteiger partial charge in [-0.25, -0.2) is 0 Å². The molecular weight excluding hydrogens is 270 g/mol. The van der Waals surface area contributed by atoms with E-state index in [1.165, 1.54) is 19.3 Å². The van der Waals surface area contributed by atoms with E-state index in [1.807, 2.05) is 60.7 Å². The third-order valence-electron chi connectivity index (χ3n) is 5.54. The summed E-state index contributed by atoms with van der Waals surface area (Å²) < 4.78 is 0. The number of nitrogens with one attached hydrogen (secondary N) is 1. The molecule has 2 aromatic carbocycles. The molecule has 1 aliphatic heterocycles. The lowest BCUT2D eigenvalue weighted by atomic mass is 9.78. The first kappa shape index (κ1) is 14.0. The van der Waals surface area contributed by atoms with Crippen LogP contribution in [0.1, 0.15) is 36.8 Å². The summed E-state index contributed by atoms with van der Waals surface area (Å²) in [4.78, 5) is 0. The van der Waals surface area contributed by atoms with Gasteiger partial charge in [0.2, 0.25) is 0 Å². The molecule has 2 nitrogen and oxygen atoms in total. The largest absolute Gasteiger partial charge is 0.379 e. The molecule has 0 bridgehead atoms. The van der Waals surface area contributed by atoms with Crippen LogP contribution in [0.15, 0.2) is 60.7 Å². The summed E-state index contributed by atoms with van der Waals surface area (Å²) in [5.41, 5.74) is 1.02. The van der Waals surface area contributed by atoms with Crippen molar-refractivity contribution in [3.63, 3.8) is 0 Å². The van der Waals surface area contributed by atoms with Crippen LogP contribution in [0.2, 0.25) is 0 Å². The third kappa shape index (κ3) is 2.18. The van der Waals surface area contributed by atoms with E-state index in [0.717, 1.165) is 23.5 Å². The second-order valence-corrected chi connectivity index (χ2v) is 6.75. The minimum Gasteiger partial charge on any atom is -0.379 e. The number of fused-ring (bicyclic) bond motifs is 1. The summed E-state index contributed by atoms with van der Waals surface area (Å²) in [6, 6.07) is 20.9. The van der Waals surface area contributed by atoms with Crippen molar-refractivity contribution in [3.8, 4) is 0 Å². The summed E-state index contributed by atoms with van der Waals surface area (Å²) in [5, 5.41) is 15.5. The van der Waals surface area contributed by atoms with Crippen LogP contribution in [0.3, 0.4) is 0 Å². The van der Waals surface area contributed by atoms with E-state index in [-0.39, 0.29) is 6.04 Å². The van der Waals surface area contributed by atoms with Gasteiger partial charge in [0.25, 0.3) is 0 Å². The molecule has 2 N–H and O–H groups in total. The summed E-state index contributed by atoms with van der Waals surface area (Å²) in [6.07, 6.45) is 4.93. The fourth-order valence-electron chi connectivity index (χ4n) is 4.41. The van der Waals surface area contributed by atoms with Gasteiger partial charge < -0.3 is 10.4 Å². The van der Waals surface area contributed by atoms with Crippen LogP contribution in [0.4, 0.5) is 0 Å². The molecule has 2 fully saturated rings. The average Bonchev–Trinajstić information content (AvgIpc) is 3.18. The molecule has 2 aromatic rings. The SMILES string of the molecule is OC(c1ccccc1)(c1ccccc1)[C@H]1C[C@H]2CCC[C@H]2N1. The van der Waals surface area contributed by atoms with E-state index in [1.54, 1.807) is 0 Å². The van der Waals surface area contributed by atoms with E-state index in [4.69, 9.17) is 0 Å². The van der Waals surface area contributed by atoms with Gasteiger partial charge in [0.1, 0.15) is 5.60 Å². The average molecular weight is 293 g/mol. The van der Waals surface area contributed by atoms with Crippen molar-refractivity contribution in [1.82, 2.24) is 5.32 Å². The molecule has 1 heterocycles. The molecule has 0 amide bonds. The van der Waals surface area contributed by atoms with Gasteiger partial charge in [0.15, 0.2) is 0 Å². The molecule has 1 aliphatic carbocycles. The lowest BCUT2D eigenvalue weighted by Crippen LogP contribution is -2.47. The lowest BCUT2D eigenvalue weighted by molar-refractivity contribution is 0.0410. The van der Waals surface area contributed by atoms with Crippen molar-refractivity contribution in [1.29, 1.82) is 0 Å². The first-order valence-electron chi connectivity index (χ1n) is 8.38. The number of hydrogen-bond acceptors (Lipinski definition) is 2. The molecule has 0 spiro atoms. The molecule has 0 radical (unpaired) electrons. The van der Waals surface area contributed by atoms with E-state index < -0.39 is 5.60 Å². The summed E-state index contributed by atoms with van der Waals surface area (Å²) >= 11 is 0. The highest BCUT2D eigenvalue weighted by Crippen LogP contribution is 2.43. The molecule has 114 valence electrons. The molecular formula is C20H23NO. The van der Waals surface area contributed by atoms with Gasteiger partial charge in [0.05, 0.1) is 0 Å². The van der Waals surface area contributed by atoms with Gasteiger partial charge in [-0.15, -0.1) is 0 Å². The van der Waals surface area contributed by atoms with Crippen LogP contribution >= 0.6 is 0 Å². The molecule has 1 saturated heterocycles. The zero-order chi connectivity index (χ0) is 15.0. The van der Waals surface area contributed by atoms with Crippen molar-refractivity contribution >= 4 is 0 Å². The summed E-state index contributed by atoms with van der Waals surface area (Å²) in [6.45, 7) is 0. The van der Waals surface area contributed by atoms with Crippen LogP contribution in [0.25, 0.3) is 0 Å². The minimum absolute atomic E-state index is 0.0904. The maximum Gasteiger partial charge on any atom is 0.130 e. The van der Waals surface area contributed by atoms with Gasteiger partial charge >= 0.3 is 0 Å². The quantitative estimate of drug-likeness (QED) is 0.908. The standard InChI is InChI=1S/C20H23NO/c22-20(16-9-3-1-4-10-16,17-11-5-2-6-12-17)19-14-15-8-7-13-18(15)21-19/h1-6,9-12,15,18-19,21-22H,7-8,13-14H2/t15-,18-,19-/m1/s1. The smallest absolute Gasteiger partial charge is 0.130 e. The molecule has 22 heavy (non-hydrogen) atoms. The van der Waals surface area contributed by atoms with Crippen LogP contribution in [-0.2, 0) is 5.60 Å². The molecule has 0 aromatic heterocycles. The van der Waals surface area contributed by atoms with Gasteiger partial charge in [0, 0.05) is 12.1 Å². The number of hydrogen-bond donors (Lipinski definition) is 2. The monoisotopic (exact) mass is 293 g/mol. The Bertz CT molecular complexity index is 573. The zero-order valence-electron chi connectivity index (χ0n) is 12.8. The Morgan fingerprint density at radius 2 is 1.45 bits per heavy atom. The minimum atomic E-state index is -0.952. The predicted molar refractivity (Wildman–Crippen MR) is 88.6 cm³/mol. The molecule has 0 unspecified atom stereocenters. The Morgan fingerprint density at radius 3 is 2.00 bits per heavy atom. The Morgan fingerprint density at radius 1 is 0.864 bits per heavy atom. The first-order valence-corrected chi connectivity index (χ1v) is 8.38. The summed E-state index contributed by atoms with van der Waals surface area (Å²) in [5.74, 6) is 0.726. The number of rotatable bonds is 3. The molecule has 3 atom stereocenters. The summed E-state index contributed by atoms with van der Waals surface area (Å²) in [7, 11) is 0. The van der Waals surface area contributed by atoms with Crippen molar-refractivity contribution in [2.75, 3.05) is 0 Å². The first-order chi connectivity index (χ1) is 10.8. The van der Waals surface area contributed by atoms with Crippen LogP contribution < -0.4 is 5.32 Å².